The zero-order valence-electron chi connectivity index (χ0n) is 10.2. The molecule has 0 atom stereocenters. The Balaban J connectivity index is 0.00000144. The third-order valence-electron chi connectivity index (χ3n) is 2.78. The predicted molar refractivity (Wildman–Crippen MR) is 83.0 cm³/mol. The van der Waals surface area contributed by atoms with E-state index < -0.39 is 0 Å². The minimum absolute atomic E-state index is 0. The van der Waals surface area contributed by atoms with Crippen molar-refractivity contribution in [2.24, 2.45) is 10.7 Å². The van der Waals surface area contributed by atoms with E-state index in [1.807, 2.05) is 13.2 Å². The van der Waals surface area contributed by atoms with Crippen molar-refractivity contribution in [2.45, 2.75) is 38.8 Å². The highest BCUT2D eigenvalue weighted by Gasteiger charge is 2.27. The molecule has 1 heterocycles. The van der Waals surface area contributed by atoms with Gasteiger partial charge < -0.3 is 10.6 Å². The number of rotatable bonds is 4. The highest BCUT2D eigenvalue weighted by molar-refractivity contribution is 14.0. The lowest BCUT2D eigenvalue weighted by Crippen LogP contribution is -2.35. The number of aromatic nitrogens is 1. The molecule has 0 bridgehead atoms. The van der Waals surface area contributed by atoms with Crippen LogP contribution in [0.3, 0.4) is 0 Å². The van der Waals surface area contributed by atoms with E-state index in [9.17, 15) is 0 Å². The van der Waals surface area contributed by atoms with E-state index in [1.165, 1.54) is 17.7 Å². The fraction of sp³-hybridized carbons (Fsp3) is 0.636. The molecule has 1 fully saturated rings. The topological polar surface area (TPSA) is 54.5 Å². The van der Waals surface area contributed by atoms with Gasteiger partial charge in [0, 0.05) is 24.2 Å². The second-order valence-electron chi connectivity index (χ2n) is 4.09. The molecule has 1 saturated carbocycles. The summed E-state index contributed by atoms with van der Waals surface area (Å²) in [5.41, 5.74) is 5.90. The molecule has 1 aliphatic carbocycles. The molecule has 1 aromatic rings. The summed E-state index contributed by atoms with van der Waals surface area (Å²) in [6.07, 6.45) is 5.45. The van der Waals surface area contributed by atoms with Crippen molar-refractivity contribution in [3.63, 3.8) is 0 Å². The number of aliphatic imine (C=N–C) groups is 1. The average Bonchev–Trinajstić information content (AvgIpc) is 3.04. The van der Waals surface area contributed by atoms with Gasteiger partial charge in [-0.15, -0.1) is 35.3 Å². The van der Waals surface area contributed by atoms with Crippen molar-refractivity contribution in [1.29, 1.82) is 0 Å². The Labute approximate surface area is 123 Å². The maximum atomic E-state index is 5.90. The van der Waals surface area contributed by atoms with Crippen LogP contribution in [0.1, 0.15) is 29.7 Å². The minimum atomic E-state index is 0. The zero-order chi connectivity index (χ0) is 11.5. The summed E-state index contributed by atoms with van der Waals surface area (Å²) in [6, 6.07) is 0.617. The first-order valence-corrected chi connectivity index (χ1v) is 6.48. The molecular formula is C11H19IN4S. The predicted octanol–water partition coefficient (Wildman–Crippen LogP) is 2.23. The fourth-order valence-electron chi connectivity index (χ4n) is 1.49. The van der Waals surface area contributed by atoms with Gasteiger partial charge in [-0.1, -0.05) is 6.92 Å². The Morgan fingerprint density at radius 3 is 2.88 bits per heavy atom. The van der Waals surface area contributed by atoms with Crippen LogP contribution in [0.25, 0.3) is 0 Å². The summed E-state index contributed by atoms with van der Waals surface area (Å²) in [5.74, 6) is 0.635. The summed E-state index contributed by atoms with van der Waals surface area (Å²) < 4.78 is 0. The highest BCUT2D eigenvalue weighted by atomic mass is 127. The standard InChI is InChI=1S/C11H18N4S.HI/c1-3-9-6-13-10(16-9)7-14-11(12)15(2)8-4-5-8;/h6,8H,3-5,7H2,1-2H3,(H2,12,14);1H. The van der Waals surface area contributed by atoms with Gasteiger partial charge in [-0.3, -0.25) is 0 Å². The molecule has 4 nitrogen and oxygen atoms in total. The Morgan fingerprint density at radius 2 is 2.35 bits per heavy atom. The number of hydrogen-bond donors (Lipinski definition) is 1. The molecule has 0 spiro atoms. The lowest BCUT2D eigenvalue weighted by molar-refractivity contribution is 0.487. The molecule has 1 aliphatic rings. The largest absolute Gasteiger partial charge is 0.370 e. The van der Waals surface area contributed by atoms with E-state index in [4.69, 9.17) is 5.73 Å². The molecule has 0 unspecified atom stereocenters. The van der Waals surface area contributed by atoms with Crippen molar-refractivity contribution in [2.75, 3.05) is 7.05 Å². The van der Waals surface area contributed by atoms with Crippen molar-refractivity contribution < 1.29 is 0 Å². The Morgan fingerprint density at radius 1 is 1.65 bits per heavy atom. The van der Waals surface area contributed by atoms with Crippen LogP contribution in [0.15, 0.2) is 11.2 Å². The van der Waals surface area contributed by atoms with Crippen LogP contribution >= 0.6 is 35.3 Å². The first kappa shape index (κ1) is 14.7. The molecule has 0 saturated heterocycles. The number of nitrogens with zero attached hydrogens (tertiary/aromatic N) is 3. The molecule has 96 valence electrons. The first-order chi connectivity index (χ1) is 7.70. The van der Waals surface area contributed by atoms with Crippen LogP contribution in [-0.4, -0.2) is 28.9 Å². The maximum Gasteiger partial charge on any atom is 0.191 e. The van der Waals surface area contributed by atoms with Crippen molar-refractivity contribution in [3.8, 4) is 0 Å². The molecule has 2 N–H and O–H groups in total. The van der Waals surface area contributed by atoms with Crippen LogP contribution in [0.5, 0.6) is 0 Å². The number of aryl methyl sites for hydroxylation is 1. The second kappa shape index (κ2) is 6.53. The first-order valence-electron chi connectivity index (χ1n) is 5.67. The van der Waals surface area contributed by atoms with Crippen LogP contribution in [0.4, 0.5) is 0 Å². The van der Waals surface area contributed by atoms with E-state index >= 15 is 0 Å². The molecule has 1 aromatic heterocycles. The number of thiazole rings is 1. The molecule has 0 radical (unpaired) electrons. The number of nitrogens with two attached hydrogens (primary N) is 1. The lowest BCUT2D eigenvalue weighted by atomic mass is 10.4. The van der Waals surface area contributed by atoms with E-state index in [1.54, 1.807) is 11.3 Å². The fourth-order valence-corrected chi connectivity index (χ4v) is 2.28. The highest BCUT2D eigenvalue weighted by Crippen LogP contribution is 2.25. The second-order valence-corrected chi connectivity index (χ2v) is 5.29. The summed E-state index contributed by atoms with van der Waals surface area (Å²) in [7, 11) is 2.01. The molecule has 0 aliphatic heterocycles. The van der Waals surface area contributed by atoms with Crippen LogP contribution in [0.2, 0.25) is 0 Å². The van der Waals surface area contributed by atoms with Gasteiger partial charge in [0.05, 0.1) is 6.54 Å². The van der Waals surface area contributed by atoms with Crippen molar-refractivity contribution >= 4 is 41.3 Å². The van der Waals surface area contributed by atoms with E-state index in [0.717, 1.165) is 11.4 Å². The van der Waals surface area contributed by atoms with Crippen molar-refractivity contribution in [3.05, 3.63) is 16.1 Å². The summed E-state index contributed by atoms with van der Waals surface area (Å²) >= 11 is 1.72. The van der Waals surface area contributed by atoms with Gasteiger partial charge in [-0.25, -0.2) is 9.98 Å². The van der Waals surface area contributed by atoms with Crippen LogP contribution in [-0.2, 0) is 13.0 Å². The van der Waals surface area contributed by atoms with Crippen LogP contribution < -0.4 is 5.73 Å². The minimum Gasteiger partial charge on any atom is -0.370 e. The zero-order valence-corrected chi connectivity index (χ0v) is 13.4. The third-order valence-corrected chi connectivity index (χ3v) is 3.91. The van der Waals surface area contributed by atoms with E-state index in [-0.39, 0.29) is 24.0 Å². The molecule has 17 heavy (non-hydrogen) atoms. The Kier molecular flexibility index (Phi) is 5.64. The SMILES string of the molecule is CCc1cnc(CN=C(N)N(C)C2CC2)s1.I. The Bertz CT molecular complexity index is 387. The lowest BCUT2D eigenvalue weighted by Gasteiger charge is -2.16. The molecule has 0 amide bonds. The number of hydrogen-bond acceptors (Lipinski definition) is 3. The van der Waals surface area contributed by atoms with Crippen molar-refractivity contribution in [1.82, 2.24) is 9.88 Å². The normalized spacial score (nSPS) is 15.5. The van der Waals surface area contributed by atoms with Gasteiger partial charge in [-0.05, 0) is 19.3 Å². The smallest absolute Gasteiger partial charge is 0.191 e. The van der Waals surface area contributed by atoms with E-state index in [2.05, 4.69) is 21.8 Å². The van der Waals surface area contributed by atoms with Gasteiger partial charge in [0.15, 0.2) is 5.96 Å². The third kappa shape index (κ3) is 4.09. The number of guanidine groups is 1. The average molecular weight is 366 g/mol. The van der Waals surface area contributed by atoms with Crippen LogP contribution in [0, 0.1) is 0 Å². The number of halogens is 1. The summed E-state index contributed by atoms with van der Waals surface area (Å²) in [4.78, 5) is 12.1. The van der Waals surface area contributed by atoms with Gasteiger partial charge in [0.1, 0.15) is 5.01 Å². The van der Waals surface area contributed by atoms with E-state index in [0.29, 0.717) is 18.5 Å². The summed E-state index contributed by atoms with van der Waals surface area (Å²) in [6.45, 7) is 2.74. The Hall–Kier alpha value is -0.370. The maximum absolute atomic E-state index is 5.90. The van der Waals surface area contributed by atoms with Gasteiger partial charge in [0.25, 0.3) is 0 Å². The summed E-state index contributed by atoms with van der Waals surface area (Å²) in [5, 5.41) is 1.05. The molecule has 6 heteroatoms. The van der Waals surface area contributed by atoms with Gasteiger partial charge in [-0.2, -0.15) is 0 Å². The quantitative estimate of drug-likeness (QED) is 0.505. The van der Waals surface area contributed by atoms with Gasteiger partial charge in [0.2, 0.25) is 0 Å². The monoisotopic (exact) mass is 366 g/mol. The van der Waals surface area contributed by atoms with Gasteiger partial charge >= 0.3 is 0 Å². The molecule has 0 aromatic carbocycles. The molecule has 2 rings (SSSR count). The molecular weight excluding hydrogens is 347 g/mol.